The van der Waals surface area contributed by atoms with Gasteiger partial charge in [-0.1, -0.05) is 18.6 Å². The topological polar surface area (TPSA) is 34.5 Å². The molecule has 4 nitrogen and oxygen atoms in total. The number of aromatic nitrogens is 1. The number of piperidine rings is 1. The van der Waals surface area contributed by atoms with E-state index in [0.29, 0.717) is 17.0 Å². The maximum absolute atomic E-state index is 12.3. The Morgan fingerprint density at radius 1 is 1.04 bits per heavy atom. The van der Waals surface area contributed by atoms with Crippen molar-refractivity contribution >= 4 is 11.6 Å². The SMILES string of the molecule is Cn1cccc(-c2ccc(OC3CCN(C4CCCC4Cl)CC3)cc2)c1=O. The highest BCUT2D eigenvalue weighted by Gasteiger charge is 2.33. The van der Waals surface area contributed by atoms with E-state index >= 15 is 0 Å². The number of hydrogen-bond acceptors (Lipinski definition) is 3. The van der Waals surface area contributed by atoms with Crippen molar-refractivity contribution in [3.8, 4) is 16.9 Å². The molecule has 1 aliphatic heterocycles. The highest BCUT2D eigenvalue weighted by Crippen LogP contribution is 2.31. The number of likely N-dealkylation sites (tertiary alicyclic amines) is 1. The van der Waals surface area contributed by atoms with Gasteiger partial charge in [0.2, 0.25) is 0 Å². The van der Waals surface area contributed by atoms with Crippen LogP contribution < -0.4 is 10.3 Å². The van der Waals surface area contributed by atoms with Gasteiger partial charge >= 0.3 is 0 Å². The molecule has 2 fully saturated rings. The molecule has 2 unspecified atom stereocenters. The summed E-state index contributed by atoms with van der Waals surface area (Å²) in [5.74, 6) is 0.876. The molecule has 0 bridgehead atoms. The zero-order valence-corrected chi connectivity index (χ0v) is 16.6. The predicted molar refractivity (Wildman–Crippen MR) is 110 cm³/mol. The lowest BCUT2D eigenvalue weighted by Gasteiger charge is -2.37. The Kier molecular flexibility index (Phi) is 5.55. The van der Waals surface area contributed by atoms with Gasteiger partial charge in [0.1, 0.15) is 11.9 Å². The van der Waals surface area contributed by atoms with E-state index in [1.165, 1.54) is 12.8 Å². The lowest BCUT2D eigenvalue weighted by atomic mass is 10.0. The summed E-state index contributed by atoms with van der Waals surface area (Å²) in [6.07, 6.45) is 7.76. The van der Waals surface area contributed by atoms with Crippen molar-refractivity contribution in [3.05, 3.63) is 52.9 Å². The van der Waals surface area contributed by atoms with Gasteiger partial charge in [-0.05, 0) is 55.5 Å². The highest BCUT2D eigenvalue weighted by atomic mass is 35.5. The first-order valence-electron chi connectivity index (χ1n) is 9.92. The van der Waals surface area contributed by atoms with Crippen molar-refractivity contribution in [1.82, 2.24) is 9.47 Å². The minimum Gasteiger partial charge on any atom is -0.490 e. The van der Waals surface area contributed by atoms with Crippen LogP contribution in [-0.2, 0) is 7.05 Å². The van der Waals surface area contributed by atoms with Gasteiger partial charge in [0.05, 0.1) is 0 Å². The number of alkyl halides is 1. The largest absolute Gasteiger partial charge is 0.490 e. The van der Waals surface area contributed by atoms with Crippen LogP contribution in [0.15, 0.2) is 47.4 Å². The molecule has 4 rings (SSSR count). The second kappa shape index (κ2) is 8.07. The monoisotopic (exact) mass is 386 g/mol. The number of pyridine rings is 1. The number of ether oxygens (including phenoxy) is 1. The average molecular weight is 387 g/mol. The maximum atomic E-state index is 12.3. The summed E-state index contributed by atoms with van der Waals surface area (Å²) in [6.45, 7) is 2.13. The smallest absolute Gasteiger partial charge is 0.258 e. The number of aryl methyl sites for hydroxylation is 1. The second-order valence-corrected chi connectivity index (χ2v) is 8.29. The van der Waals surface area contributed by atoms with Crippen LogP contribution in [0.5, 0.6) is 5.75 Å². The molecule has 2 aliphatic rings. The summed E-state index contributed by atoms with van der Waals surface area (Å²) in [5, 5.41) is 0.320. The zero-order chi connectivity index (χ0) is 18.8. The molecular formula is C22H27ClN2O2. The number of hydrogen-bond donors (Lipinski definition) is 0. The zero-order valence-electron chi connectivity index (χ0n) is 15.8. The first kappa shape index (κ1) is 18.6. The van der Waals surface area contributed by atoms with Gasteiger partial charge in [-0.3, -0.25) is 9.69 Å². The van der Waals surface area contributed by atoms with E-state index in [-0.39, 0.29) is 11.7 Å². The quantitative estimate of drug-likeness (QED) is 0.743. The van der Waals surface area contributed by atoms with Crippen molar-refractivity contribution in [2.75, 3.05) is 13.1 Å². The summed E-state index contributed by atoms with van der Waals surface area (Å²) < 4.78 is 7.80. The minimum absolute atomic E-state index is 0.0167. The van der Waals surface area contributed by atoms with E-state index in [9.17, 15) is 4.79 Å². The van der Waals surface area contributed by atoms with E-state index in [4.69, 9.17) is 16.3 Å². The van der Waals surface area contributed by atoms with E-state index < -0.39 is 0 Å². The van der Waals surface area contributed by atoms with Crippen LogP contribution in [0.3, 0.4) is 0 Å². The third-order valence-corrected chi connectivity index (χ3v) is 6.44. The van der Waals surface area contributed by atoms with Crippen molar-refractivity contribution in [1.29, 1.82) is 0 Å². The summed E-state index contributed by atoms with van der Waals surface area (Å²) in [7, 11) is 1.77. The first-order chi connectivity index (χ1) is 13.1. The van der Waals surface area contributed by atoms with Gasteiger partial charge in [0.25, 0.3) is 5.56 Å². The van der Waals surface area contributed by atoms with E-state index in [2.05, 4.69) is 4.90 Å². The number of nitrogens with zero attached hydrogens (tertiary/aromatic N) is 2. The van der Waals surface area contributed by atoms with Crippen LogP contribution in [0.1, 0.15) is 32.1 Å². The summed E-state index contributed by atoms with van der Waals surface area (Å²) in [5.41, 5.74) is 1.66. The van der Waals surface area contributed by atoms with E-state index in [0.717, 1.165) is 43.7 Å². The van der Waals surface area contributed by atoms with Crippen LogP contribution in [0.2, 0.25) is 0 Å². The van der Waals surface area contributed by atoms with Gasteiger partial charge in [0, 0.05) is 43.3 Å². The standard InChI is InChI=1S/C22H27ClN2O2/c1-24-13-3-4-19(22(24)26)16-7-9-17(10-8-16)27-18-11-14-25(15-12-18)21-6-2-5-20(21)23/h3-4,7-10,13,18,20-21H,2,5-6,11-12,14-15H2,1H3. The molecule has 5 heteroatoms. The molecule has 1 aliphatic carbocycles. The highest BCUT2D eigenvalue weighted by molar-refractivity contribution is 6.21. The molecule has 1 saturated heterocycles. The molecule has 27 heavy (non-hydrogen) atoms. The minimum atomic E-state index is 0.0167. The number of benzene rings is 1. The summed E-state index contributed by atoms with van der Waals surface area (Å²) >= 11 is 6.47. The molecule has 2 aromatic rings. The van der Waals surface area contributed by atoms with Crippen LogP contribution in [0, 0.1) is 0 Å². The Labute approximate surface area is 165 Å². The molecule has 0 N–H and O–H groups in total. The molecule has 0 amide bonds. The Balaban J connectivity index is 1.35. The fourth-order valence-corrected chi connectivity index (χ4v) is 4.79. The molecule has 1 aromatic heterocycles. The van der Waals surface area contributed by atoms with Crippen LogP contribution in [-0.4, -0.2) is 40.1 Å². The summed E-state index contributed by atoms with van der Waals surface area (Å²) in [4.78, 5) is 14.8. The van der Waals surface area contributed by atoms with E-state index in [1.807, 2.05) is 36.4 Å². The third-order valence-electron chi connectivity index (χ3n) is 5.93. The van der Waals surface area contributed by atoms with Crippen molar-refractivity contribution in [3.63, 3.8) is 0 Å². The van der Waals surface area contributed by atoms with Gasteiger partial charge in [-0.15, -0.1) is 11.6 Å². The van der Waals surface area contributed by atoms with Crippen molar-refractivity contribution in [2.24, 2.45) is 7.05 Å². The third kappa shape index (κ3) is 4.07. The molecule has 2 atom stereocenters. The molecule has 144 valence electrons. The first-order valence-corrected chi connectivity index (χ1v) is 10.4. The Bertz CT molecular complexity index is 825. The number of halogens is 1. The van der Waals surface area contributed by atoms with Gasteiger partial charge in [0.15, 0.2) is 0 Å². The molecule has 1 saturated carbocycles. The van der Waals surface area contributed by atoms with Crippen LogP contribution in [0.4, 0.5) is 0 Å². The Morgan fingerprint density at radius 3 is 2.44 bits per heavy atom. The molecule has 2 heterocycles. The Hall–Kier alpha value is -1.78. The van der Waals surface area contributed by atoms with Crippen LogP contribution >= 0.6 is 11.6 Å². The Morgan fingerprint density at radius 2 is 1.78 bits per heavy atom. The molecule has 0 spiro atoms. The van der Waals surface area contributed by atoms with Gasteiger partial charge in [-0.25, -0.2) is 0 Å². The fourth-order valence-electron chi connectivity index (χ4n) is 4.35. The molecule has 0 radical (unpaired) electrons. The fraction of sp³-hybridized carbons (Fsp3) is 0.500. The van der Waals surface area contributed by atoms with Gasteiger partial charge in [-0.2, -0.15) is 0 Å². The maximum Gasteiger partial charge on any atom is 0.258 e. The van der Waals surface area contributed by atoms with Crippen LogP contribution in [0.25, 0.3) is 11.1 Å². The average Bonchev–Trinajstić information content (AvgIpc) is 3.11. The normalized spacial score (nSPS) is 24.2. The lowest BCUT2D eigenvalue weighted by Crippen LogP contribution is -2.45. The predicted octanol–water partition coefficient (Wildman–Crippen LogP) is 4.06. The lowest BCUT2D eigenvalue weighted by molar-refractivity contribution is 0.0776. The van der Waals surface area contributed by atoms with Gasteiger partial charge < -0.3 is 9.30 Å². The molecular weight excluding hydrogens is 360 g/mol. The summed E-state index contributed by atoms with van der Waals surface area (Å²) in [6, 6.07) is 12.2. The van der Waals surface area contributed by atoms with Crippen molar-refractivity contribution in [2.45, 2.75) is 49.6 Å². The molecule has 1 aromatic carbocycles. The second-order valence-electron chi connectivity index (χ2n) is 7.73. The number of rotatable bonds is 4. The van der Waals surface area contributed by atoms with E-state index in [1.54, 1.807) is 17.8 Å². The van der Waals surface area contributed by atoms with Crippen molar-refractivity contribution < 1.29 is 4.74 Å².